The van der Waals surface area contributed by atoms with Crippen LogP contribution in [0.25, 0.3) is 0 Å². The molecule has 0 atom stereocenters. The monoisotopic (exact) mass is 410 g/mol. The van der Waals surface area contributed by atoms with Crippen molar-refractivity contribution in [3.63, 3.8) is 0 Å². The van der Waals surface area contributed by atoms with Gasteiger partial charge in [0.25, 0.3) is 0 Å². The Hall–Kier alpha value is -1.33. The lowest BCUT2D eigenvalue weighted by molar-refractivity contribution is -0.114. The Bertz CT molecular complexity index is 648. The standard InChI is InChI=1S/C16H16Br2N2O/c1-10-4-3-5-12(6-10)20-15(21)9-19-16-13(17)7-11(2)8-14(16)18/h3-8,19H,9H2,1-2H3,(H,20,21). The van der Waals surface area contributed by atoms with Crippen LogP contribution in [0.15, 0.2) is 45.3 Å². The van der Waals surface area contributed by atoms with Crippen molar-refractivity contribution < 1.29 is 4.79 Å². The molecule has 0 radical (unpaired) electrons. The molecule has 0 aliphatic heterocycles. The van der Waals surface area contributed by atoms with E-state index in [2.05, 4.69) is 42.5 Å². The zero-order valence-electron chi connectivity index (χ0n) is 11.8. The van der Waals surface area contributed by atoms with E-state index >= 15 is 0 Å². The number of rotatable bonds is 4. The lowest BCUT2D eigenvalue weighted by atomic mass is 10.2. The molecule has 0 unspecified atom stereocenters. The number of anilines is 2. The van der Waals surface area contributed by atoms with E-state index in [0.29, 0.717) is 0 Å². The topological polar surface area (TPSA) is 41.1 Å². The van der Waals surface area contributed by atoms with Crippen LogP contribution in [0.5, 0.6) is 0 Å². The maximum absolute atomic E-state index is 12.0. The first kappa shape index (κ1) is 16.0. The molecule has 2 aromatic carbocycles. The molecule has 0 aliphatic carbocycles. The van der Waals surface area contributed by atoms with Gasteiger partial charge in [-0.3, -0.25) is 4.79 Å². The second-order valence-corrected chi connectivity index (χ2v) is 6.58. The number of carbonyl (C=O) groups is 1. The Morgan fingerprint density at radius 2 is 1.71 bits per heavy atom. The van der Waals surface area contributed by atoms with Crippen molar-refractivity contribution in [3.05, 3.63) is 56.5 Å². The van der Waals surface area contributed by atoms with Gasteiger partial charge in [-0.15, -0.1) is 0 Å². The Morgan fingerprint density at radius 3 is 2.33 bits per heavy atom. The maximum atomic E-state index is 12.0. The Balaban J connectivity index is 1.99. The second-order valence-electron chi connectivity index (χ2n) is 4.87. The molecular formula is C16H16Br2N2O. The average molecular weight is 412 g/mol. The van der Waals surface area contributed by atoms with Crippen molar-refractivity contribution in [3.8, 4) is 0 Å². The fraction of sp³-hybridized carbons (Fsp3) is 0.188. The predicted octanol–water partition coefficient (Wildman–Crippen LogP) is 4.88. The van der Waals surface area contributed by atoms with Crippen molar-refractivity contribution >= 4 is 49.1 Å². The smallest absolute Gasteiger partial charge is 0.243 e. The van der Waals surface area contributed by atoms with Gasteiger partial charge in [-0.05, 0) is 81.1 Å². The molecule has 0 aromatic heterocycles. The number of aryl methyl sites for hydroxylation is 2. The molecule has 3 nitrogen and oxygen atoms in total. The average Bonchev–Trinajstić information content (AvgIpc) is 2.37. The van der Waals surface area contributed by atoms with Crippen LogP contribution >= 0.6 is 31.9 Å². The summed E-state index contributed by atoms with van der Waals surface area (Å²) in [7, 11) is 0. The second kappa shape index (κ2) is 7.09. The van der Waals surface area contributed by atoms with Gasteiger partial charge in [0.05, 0.1) is 12.2 Å². The molecule has 2 N–H and O–H groups in total. The molecule has 0 fully saturated rings. The number of benzene rings is 2. The molecule has 0 heterocycles. The minimum absolute atomic E-state index is 0.0834. The van der Waals surface area contributed by atoms with Gasteiger partial charge < -0.3 is 10.6 Å². The lowest BCUT2D eigenvalue weighted by Crippen LogP contribution is -2.22. The highest BCUT2D eigenvalue weighted by molar-refractivity contribution is 9.11. The predicted molar refractivity (Wildman–Crippen MR) is 94.9 cm³/mol. The zero-order valence-corrected chi connectivity index (χ0v) is 15.0. The van der Waals surface area contributed by atoms with Crippen LogP contribution in [0, 0.1) is 13.8 Å². The molecule has 1 amide bonds. The molecule has 0 bridgehead atoms. The molecule has 110 valence electrons. The van der Waals surface area contributed by atoms with Crippen molar-refractivity contribution in [1.82, 2.24) is 0 Å². The van der Waals surface area contributed by atoms with Crippen LogP contribution in [0.3, 0.4) is 0 Å². The largest absolute Gasteiger partial charge is 0.374 e. The summed E-state index contributed by atoms with van der Waals surface area (Å²) in [5.41, 5.74) is 3.94. The highest BCUT2D eigenvalue weighted by Crippen LogP contribution is 2.32. The zero-order chi connectivity index (χ0) is 15.4. The molecule has 21 heavy (non-hydrogen) atoms. The summed E-state index contributed by atoms with van der Waals surface area (Å²) in [6.45, 7) is 4.21. The lowest BCUT2D eigenvalue weighted by Gasteiger charge is -2.12. The molecule has 0 saturated heterocycles. The molecular weight excluding hydrogens is 396 g/mol. The van der Waals surface area contributed by atoms with Gasteiger partial charge in [0.1, 0.15) is 0 Å². The van der Waals surface area contributed by atoms with E-state index in [4.69, 9.17) is 0 Å². The van der Waals surface area contributed by atoms with E-state index in [9.17, 15) is 4.79 Å². The number of hydrogen-bond donors (Lipinski definition) is 2. The number of nitrogens with one attached hydrogen (secondary N) is 2. The first-order valence-electron chi connectivity index (χ1n) is 6.52. The minimum Gasteiger partial charge on any atom is -0.374 e. The summed E-state index contributed by atoms with van der Waals surface area (Å²) in [6.07, 6.45) is 0. The fourth-order valence-electron chi connectivity index (χ4n) is 1.97. The normalized spacial score (nSPS) is 10.3. The molecule has 0 aliphatic rings. The van der Waals surface area contributed by atoms with E-state index in [1.807, 2.05) is 50.2 Å². The summed E-state index contributed by atoms with van der Waals surface area (Å²) in [4.78, 5) is 12.0. The highest BCUT2D eigenvalue weighted by Gasteiger charge is 2.08. The Labute approximate surface area is 141 Å². The van der Waals surface area contributed by atoms with Crippen molar-refractivity contribution in [2.24, 2.45) is 0 Å². The number of amides is 1. The van der Waals surface area contributed by atoms with Crippen LogP contribution in [0.2, 0.25) is 0 Å². The maximum Gasteiger partial charge on any atom is 0.243 e. The third-order valence-corrected chi connectivity index (χ3v) is 4.16. The molecule has 0 spiro atoms. The SMILES string of the molecule is Cc1cccc(NC(=O)CNc2c(Br)cc(C)cc2Br)c1. The van der Waals surface area contributed by atoms with E-state index in [0.717, 1.165) is 31.4 Å². The van der Waals surface area contributed by atoms with Gasteiger partial charge in [0.2, 0.25) is 5.91 Å². The van der Waals surface area contributed by atoms with Gasteiger partial charge in [0, 0.05) is 14.6 Å². The highest BCUT2D eigenvalue weighted by atomic mass is 79.9. The Kier molecular flexibility index (Phi) is 5.42. The van der Waals surface area contributed by atoms with E-state index in [-0.39, 0.29) is 12.5 Å². The summed E-state index contributed by atoms with van der Waals surface area (Å²) >= 11 is 7.00. The molecule has 0 saturated carbocycles. The van der Waals surface area contributed by atoms with Gasteiger partial charge in [0.15, 0.2) is 0 Å². The quantitative estimate of drug-likeness (QED) is 0.752. The Morgan fingerprint density at radius 1 is 1.05 bits per heavy atom. The number of halogens is 2. The third-order valence-electron chi connectivity index (χ3n) is 2.91. The number of carbonyl (C=O) groups excluding carboxylic acids is 1. The molecule has 2 aromatic rings. The van der Waals surface area contributed by atoms with Crippen LogP contribution in [-0.2, 0) is 4.79 Å². The summed E-state index contributed by atoms with van der Waals surface area (Å²) < 4.78 is 1.86. The third kappa shape index (κ3) is 4.58. The van der Waals surface area contributed by atoms with Crippen LogP contribution in [0.4, 0.5) is 11.4 Å². The first-order valence-corrected chi connectivity index (χ1v) is 8.10. The van der Waals surface area contributed by atoms with Crippen LogP contribution in [0.1, 0.15) is 11.1 Å². The van der Waals surface area contributed by atoms with E-state index in [1.165, 1.54) is 0 Å². The summed E-state index contributed by atoms with van der Waals surface area (Å²) in [5.74, 6) is -0.0834. The summed E-state index contributed by atoms with van der Waals surface area (Å²) in [6, 6.07) is 11.7. The van der Waals surface area contributed by atoms with Gasteiger partial charge in [-0.2, -0.15) is 0 Å². The van der Waals surface area contributed by atoms with Crippen LogP contribution in [-0.4, -0.2) is 12.5 Å². The van der Waals surface area contributed by atoms with Crippen molar-refractivity contribution in [2.75, 3.05) is 17.2 Å². The molecule has 2 rings (SSSR count). The van der Waals surface area contributed by atoms with Gasteiger partial charge >= 0.3 is 0 Å². The van der Waals surface area contributed by atoms with E-state index < -0.39 is 0 Å². The molecule has 5 heteroatoms. The van der Waals surface area contributed by atoms with Gasteiger partial charge in [-0.25, -0.2) is 0 Å². The summed E-state index contributed by atoms with van der Waals surface area (Å²) in [5, 5.41) is 6.01. The van der Waals surface area contributed by atoms with Crippen molar-refractivity contribution in [2.45, 2.75) is 13.8 Å². The number of hydrogen-bond acceptors (Lipinski definition) is 2. The fourth-order valence-corrected chi connectivity index (χ4v) is 3.66. The minimum atomic E-state index is -0.0834. The first-order chi connectivity index (χ1) is 9.95. The van der Waals surface area contributed by atoms with E-state index in [1.54, 1.807) is 0 Å². The van der Waals surface area contributed by atoms with Gasteiger partial charge in [-0.1, -0.05) is 12.1 Å². The van der Waals surface area contributed by atoms with Crippen LogP contribution < -0.4 is 10.6 Å². The van der Waals surface area contributed by atoms with Crippen molar-refractivity contribution in [1.29, 1.82) is 0 Å².